The predicted molar refractivity (Wildman–Crippen MR) is 45.5 cm³/mol. The van der Waals surface area contributed by atoms with Crippen molar-refractivity contribution < 1.29 is 4.79 Å². The molecule has 1 fully saturated rings. The second-order valence-corrected chi connectivity index (χ2v) is 3.71. The zero-order valence-corrected chi connectivity index (χ0v) is 7.39. The van der Waals surface area contributed by atoms with Crippen molar-refractivity contribution in [3.63, 3.8) is 0 Å². The Morgan fingerprint density at radius 2 is 2.36 bits per heavy atom. The first-order valence-electron chi connectivity index (χ1n) is 4.46. The molecule has 11 heavy (non-hydrogen) atoms. The lowest BCUT2D eigenvalue weighted by molar-refractivity contribution is -0.119. The number of carbonyl (C=O) groups excluding carboxylic acids is 1. The topological polar surface area (TPSA) is 29.1 Å². The number of Topliss-reactive ketones (excluding diaryl/α,β-unsaturated/α-hetero) is 1. The first-order chi connectivity index (χ1) is 5.20. The molecule has 2 nitrogen and oxygen atoms in total. The summed E-state index contributed by atoms with van der Waals surface area (Å²) in [6, 6.07) is 0.178. The second-order valence-electron chi connectivity index (χ2n) is 3.71. The molecule has 0 bridgehead atoms. The summed E-state index contributed by atoms with van der Waals surface area (Å²) in [4.78, 5) is 11.1. The van der Waals surface area contributed by atoms with Gasteiger partial charge in [0, 0.05) is 6.42 Å². The SMILES string of the molecule is CC(C)CN[C@H]1CCCC1=O. The smallest absolute Gasteiger partial charge is 0.149 e. The molecular weight excluding hydrogens is 138 g/mol. The molecule has 1 rings (SSSR count). The van der Waals surface area contributed by atoms with Gasteiger partial charge in [-0.25, -0.2) is 0 Å². The van der Waals surface area contributed by atoms with Crippen LogP contribution in [0.3, 0.4) is 0 Å². The van der Waals surface area contributed by atoms with Gasteiger partial charge in [-0.1, -0.05) is 13.8 Å². The molecule has 1 atom stereocenters. The molecule has 0 spiro atoms. The van der Waals surface area contributed by atoms with Crippen molar-refractivity contribution in [2.45, 2.75) is 39.2 Å². The van der Waals surface area contributed by atoms with Gasteiger partial charge < -0.3 is 5.32 Å². The number of carbonyl (C=O) groups is 1. The van der Waals surface area contributed by atoms with Crippen LogP contribution in [-0.4, -0.2) is 18.4 Å². The molecule has 0 amide bonds. The van der Waals surface area contributed by atoms with E-state index in [1.165, 1.54) is 0 Å². The molecule has 1 saturated carbocycles. The Balaban J connectivity index is 2.20. The van der Waals surface area contributed by atoms with Gasteiger partial charge >= 0.3 is 0 Å². The van der Waals surface area contributed by atoms with E-state index in [1.807, 2.05) is 0 Å². The van der Waals surface area contributed by atoms with Crippen molar-refractivity contribution >= 4 is 5.78 Å². The Morgan fingerprint density at radius 1 is 1.64 bits per heavy atom. The van der Waals surface area contributed by atoms with Gasteiger partial charge in [0.25, 0.3) is 0 Å². The number of hydrogen-bond acceptors (Lipinski definition) is 2. The lowest BCUT2D eigenvalue weighted by Crippen LogP contribution is -2.34. The van der Waals surface area contributed by atoms with Crippen LogP contribution in [0.5, 0.6) is 0 Å². The molecule has 0 aromatic heterocycles. The minimum atomic E-state index is 0.178. The quantitative estimate of drug-likeness (QED) is 0.666. The second kappa shape index (κ2) is 3.86. The van der Waals surface area contributed by atoms with Crippen LogP contribution >= 0.6 is 0 Å². The summed E-state index contributed by atoms with van der Waals surface area (Å²) in [5.41, 5.74) is 0. The van der Waals surface area contributed by atoms with E-state index >= 15 is 0 Å². The molecule has 1 N–H and O–H groups in total. The lowest BCUT2D eigenvalue weighted by Gasteiger charge is -2.12. The average molecular weight is 155 g/mol. The number of nitrogens with one attached hydrogen (secondary N) is 1. The van der Waals surface area contributed by atoms with E-state index in [0.29, 0.717) is 11.7 Å². The molecule has 0 saturated heterocycles. The third-order valence-corrected chi connectivity index (χ3v) is 2.08. The normalized spacial score (nSPS) is 25.0. The molecule has 0 radical (unpaired) electrons. The minimum Gasteiger partial charge on any atom is -0.307 e. The first-order valence-corrected chi connectivity index (χ1v) is 4.46. The first kappa shape index (κ1) is 8.72. The van der Waals surface area contributed by atoms with Crippen LogP contribution in [0.1, 0.15) is 33.1 Å². The fourth-order valence-corrected chi connectivity index (χ4v) is 1.41. The fraction of sp³-hybridized carbons (Fsp3) is 0.889. The summed E-state index contributed by atoms with van der Waals surface area (Å²) in [5.74, 6) is 1.05. The Kier molecular flexibility index (Phi) is 3.06. The Morgan fingerprint density at radius 3 is 2.82 bits per heavy atom. The molecule has 0 aromatic rings. The van der Waals surface area contributed by atoms with Crippen LogP contribution in [0.4, 0.5) is 0 Å². The van der Waals surface area contributed by atoms with Crippen molar-refractivity contribution in [3.8, 4) is 0 Å². The summed E-state index contributed by atoms with van der Waals surface area (Å²) >= 11 is 0. The maximum Gasteiger partial charge on any atom is 0.149 e. The van der Waals surface area contributed by atoms with Crippen molar-refractivity contribution in [3.05, 3.63) is 0 Å². The number of ketones is 1. The van der Waals surface area contributed by atoms with Crippen LogP contribution in [0.2, 0.25) is 0 Å². The van der Waals surface area contributed by atoms with E-state index in [-0.39, 0.29) is 6.04 Å². The Bertz CT molecular complexity index is 142. The summed E-state index contributed by atoms with van der Waals surface area (Å²) in [6.07, 6.45) is 2.91. The summed E-state index contributed by atoms with van der Waals surface area (Å²) < 4.78 is 0. The van der Waals surface area contributed by atoms with Crippen molar-refractivity contribution in [2.75, 3.05) is 6.54 Å². The number of rotatable bonds is 3. The van der Waals surface area contributed by atoms with Gasteiger partial charge in [-0.15, -0.1) is 0 Å². The van der Waals surface area contributed by atoms with Crippen molar-refractivity contribution in [2.24, 2.45) is 5.92 Å². The average Bonchev–Trinajstić information content (AvgIpc) is 2.31. The van der Waals surface area contributed by atoms with Crippen LogP contribution < -0.4 is 5.32 Å². The number of hydrogen-bond donors (Lipinski definition) is 1. The van der Waals surface area contributed by atoms with Crippen molar-refractivity contribution in [1.29, 1.82) is 0 Å². The predicted octanol–water partition coefficient (Wildman–Crippen LogP) is 1.35. The van der Waals surface area contributed by atoms with Crippen LogP contribution in [0, 0.1) is 5.92 Å². The fourth-order valence-electron chi connectivity index (χ4n) is 1.41. The highest BCUT2D eigenvalue weighted by Crippen LogP contribution is 2.14. The van der Waals surface area contributed by atoms with E-state index in [4.69, 9.17) is 0 Å². The third-order valence-electron chi connectivity index (χ3n) is 2.08. The summed E-state index contributed by atoms with van der Waals surface area (Å²) in [5, 5.41) is 3.28. The highest BCUT2D eigenvalue weighted by molar-refractivity contribution is 5.85. The third kappa shape index (κ3) is 2.62. The van der Waals surface area contributed by atoms with E-state index in [1.54, 1.807) is 0 Å². The van der Waals surface area contributed by atoms with Gasteiger partial charge in [0.1, 0.15) is 5.78 Å². The Labute approximate surface area is 68.4 Å². The van der Waals surface area contributed by atoms with E-state index in [9.17, 15) is 4.79 Å². The molecule has 1 aliphatic rings. The van der Waals surface area contributed by atoms with Gasteiger partial charge in [-0.3, -0.25) is 4.79 Å². The van der Waals surface area contributed by atoms with Gasteiger partial charge in [-0.2, -0.15) is 0 Å². The van der Waals surface area contributed by atoms with Crippen LogP contribution in [0.15, 0.2) is 0 Å². The van der Waals surface area contributed by atoms with Crippen molar-refractivity contribution in [1.82, 2.24) is 5.32 Å². The molecular formula is C9H17NO. The zero-order chi connectivity index (χ0) is 8.27. The molecule has 2 heteroatoms. The minimum absolute atomic E-state index is 0.178. The highest BCUT2D eigenvalue weighted by Gasteiger charge is 2.23. The monoisotopic (exact) mass is 155 g/mol. The van der Waals surface area contributed by atoms with Crippen LogP contribution in [-0.2, 0) is 4.79 Å². The van der Waals surface area contributed by atoms with Gasteiger partial charge in [-0.05, 0) is 25.3 Å². The van der Waals surface area contributed by atoms with E-state index in [2.05, 4.69) is 19.2 Å². The lowest BCUT2D eigenvalue weighted by atomic mass is 10.2. The molecule has 0 heterocycles. The molecule has 0 unspecified atom stereocenters. The molecule has 0 aliphatic heterocycles. The van der Waals surface area contributed by atoms with Crippen LogP contribution in [0.25, 0.3) is 0 Å². The highest BCUT2D eigenvalue weighted by atomic mass is 16.1. The standard InChI is InChI=1S/C9H17NO/c1-7(2)6-10-8-4-3-5-9(8)11/h7-8,10H,3-6H2,1-2H3/t8-/m0/s1. The summed E-state index contributed by atoms with van der Waals surface area (Å²) in [7, 11) is 0. The largest absolute Gasteiger partial charge is 0.307 e. The maximum atomic E-state index is 11.1. The van der Waals surface area contributed by atoms with E-state index < -0.39 is 0 Å². The molecule has 1 aliphatic carbocycles. The Hall–Kier alpha value is -0.370. The van der Waals surface area contributed by atoms with Gasteiger partial charge in [0.2, 0.25) is 0 Å². The maximum absolute atomic E-state index is 11.1. The zero-order valence-electron chi connectivity index (χ0n) is 7.39. The van der Waals surface area contributed by atoms with Gasteiger partial charge in [0.15, 0.2) is 0 Å². The molecule has 0 aromatic carbocycles. The van der Waals surface area contributed by atoms with E-state index in [0.717, 1.165) is 25.8 Å². The summed E-state index contributed by atoms with van der Waals surface area (Å²) in [6.45, 7) is 5.29. The van der Waals surface area contributed by atoms with Gasteiger partial charge in [0.05, 0.1) is 6.04 Å². The molecule has 64 valence electrons.